The lowest BCUT2D eigenvalue weighted by Crippen LogP contribution is -2.39. The van der Waals surface area contributed by atoms with Crippen LogP contribution in [0.15, 0.2) is 23.1 Å². The van der Waals surface area contributed by atoms with E-state index in [0.717, 1.165) is 19.3 Å². The summed E-state index contributed by atoms with van der Waals surface area (Å²) in [7, 11) is -1.89. The van der Waals surface area contributed by atoms with Crippen molar-refractivity contribution in [1.29, 1.82) is 0 Å². The third-order valence-corrected chi connectivity index (χ3v) is 6.24. The first-order valence-corrected chi connectivity index (χ1v) is 9.23. The molecule has 0 aromatic heterocycles. The molecule has 1 aromatic carbocycles. The Morgan fingerprint density at radius 3 is 2.81 bits per heavy atom. The predicted octanol–water partition coefficient (Wildman–Crippen LogP) is 3.24. The fourth-order valence-electron chi connectivity index (χ4n) is 2.75. The first kappa shape index (κ1) is 16.6. The molecule has 4 nitrogen and oxygen atoms in total. The molecule has 0 saturated carbocycles. The highest BCUT2D eigenvalue weighted by Crippen LogP contribution is 2.29. The molecule has 1 aliphatic rings. The zero-order valence-corrected chi connectivity index (χ0v) is 14.1. The molecule has 2 rings (SSSR count). The maximum atomic E-state index is 12.8. The van der Waals surface area contributed by atoms with Crippen LogP contribution < -0.4 is 4.74 Å². The maximum Gasteiger partial charge on any atom is 0.243 e. The molecule has 0 amide bonds. The van der Waals surface area contributed by atoms with E-state index in [1.54, 1.807) is 29.6 Å². The van der Waals surface area contributed by atoms with Crippen LogP contribution in [0.25, 0.3) is 0 Å². The van der Waals surface area contributed by atoms with Gasteiger partial charge < -0.3 is 4.74 Å². The van der Waals surface area contributed by atoms with E-state index < -0.39 is 10.0 Å². The molecular formula is C15H22ClNO3S. The topological polar surface area (TPSA) is 46.6 Å². The molecule has 118 valence electrons. The minimum Gasteiger partial charge on any atom is -0.496 e. The minimum absolute atomic E-state index is 0.226. The van der Waals surface area contributed by atoms with Gasteiger partial charge in [-0.2, -0.15) is 4.31 Å². The Morgan fingerprint density at radius 1 is 1.43 bits per heavy atom. The van der Waals surface area contributed by atoms with Crippen molar-refractivity contribution in [3.05, 3.63) is 23.8 Å². The maximum absolute atomic E-state index is 12.8. The van der Waals surface area contributed by atoms with Gasteiger partial charge in [-0.1, -0.05) is 13.3 Å². The van der Waals surface area contributed by atoms with Crippen molar-refractivity contribution in [2.24, 2.45) is 5.92 Å². The normalized spacial score (nSPS) is 20.4. The molecule has 0 N–H and O–H groups in total. The second-order valence-corrected chi connectivity index (χ2v) is 7.59. The molecule has 0 spiro atoms. The summed E-state index contributed by atoms with van der Waals surface area (Å²) in [5.74, 6) is 1.30. The third-order valence-electron chi connectivity index (χ3n) is 4.09. The number of hydrogen-bond acceptors (Lipinski definition) is 3. The Morgan fingerprint density at radius 2 is 2.19 bits per heavy atom. The van der Waals surface area contributed by atoms with Crippen molar-refractivity contribution in [3.63, 3.8) is 0 Å². The Balaban J connectivity index is 2.30. The van der Waals surface area contributed by atoms with Crippen LogP contribution in [0.1, 0.15) is 31.7 Å². The third kappa shape index (κ3) is 3.52. The van der Waals surface area contributed by atoms with E-state index >= 15 is 0 Å². The molecule has 1 atom stereocenters. The summed E-state index contributed by atoms with van der Waals surface area (Å²) in [4.78, 5) is 0.302. The summed E-state index contributed by atoms with van der Waals surface area (Å²) in [5.41, 5.74) is 0.698. The van der Waals surface area contributed by atoms with Gasteiger partial charge in [0.2, 0.25) is 10.0 Å². The van der Waals surface area contributed by atoms with E-state index in [4.69, 9.17) is 16.3 Å². The molecule has 1 saturated heterocycles. The van der Waals surface area contributed by atoms with Crippen LogP contribution in [-0.4, -0.2) is 32.9 Å². The average Bonchev–Trinajstić information content (AvgIpc) is 2.54. The van der Waals surface area contributed by atoms with Gasteiger partial charge >= 0.3 is 0 Å². The number of piperidine rings is 1. The van der Waals surface area contributed by atoms with E-state index in [2.05, 4.69) is 6.92 Å². The summed E-state index contributed by atoms with van der Waals surface area (Å²) in [6, 6.07) is 4.89. The van der Waals surface area contributed by atoms with Crippen LogP contribution in [0.4, 0.5) is 0 Å². The van der Waals surface area contributed by atoms with Gasteiger partial charge in [-0.05, 0) is 37.0 Å². The monoisotopic (exact) mass is 331 g/mol. The van der Waals surface area contributed by atoms with Crippen molar-refractivity contribution < 1.29 is 13.2 Å². The van der Waals surface area contributed by atoms with Gasteiger partial charge in [0.15, 0.2) is 0 Å². The SMILES string of the molecule is CCC1CCCN(S(=O)(=O)c2ccc(OC)c(CCl)c2)C1. The number of methoxy groups -OCH3 is 1. The quantitative estimate of drug-likeness (QED) is 0.778. The van der Waals surface area contributed by atoms with Gasteiger partial charge in [0.1, 0.15) is 5.75 Å². The van der Waals surface area contributed by atoms with Crippen molar-refractivity contribution >= 4 is 21.6 Å². The van der Waals surface area contributed by atoms with Crippen LogP contribution in [0.3, 0.4) is 0 Å². The van der Waals surface area contributed by atoms with Gasteiger partial charge in [0, 0.05) is 18.7 Å². The first-order valence-electron chi connectivity index (χ1n) is 7.26. The lowest BCUT2D eigenvalue weighted by Gasteiger charge is -2.31. The molecule has 1 heterocycles. The Bertz CT molecular complexity index is 589. The molecule has 21 heavy (non-hydrogen) atoms. The molecule has 1 unspecified atom stereocenters. The number of ether oxygens (including phenoxy) is 1. The molecule has 0 bridgehead atoms. The van der Waals surface area contributed by atoms with E-state index in [1.165, 1.54) is 0 Å². The fourth-order valence-corrected chi connectivity index (χ4v) is 4.56. The highest BCUT2D eigenvalue weighted by molar-refractivity contribution is 7.89. The van der Waals surface area contributed by atoms with Crippen LogP contribution in [0.5, 0.6) is 5.75 Å². The van der Waals surface area contributed by atoms with Gasteiger partial charge in [-0.15, -0.1) is 11.6 Å². The Labute approximate surface area is 132 Å². The molecular weight excluding hydrogens is 310 g/mol. The summed E-state index contributed by atoms with van der Waals surface area (Å²) >= 11 is 5.88. The van der Waals surface area contributed by atoms with Crippen LogP contribution in [0, 0.1) is 5.92 Å². The highest BCUT2D eigenvalue weighted by Gasteiger charge is 2.29. The number of nitrogens with zero attached hydrogens (tertiary/aromatic N) is 1. The number of sulfonamides is 1. The molecule has 0 aliphatic carbocycles. The molecule has 0 radical (unpaired) electrons. The number of alkyl halides is 1. The summed E-state index contributed by atoms with van der Waals surface area (Å²) < 4.78 is 32.3. The Kier molecular flexibility index (Phi) is 5.52. The van der Waals surface area contributed by atoms with Gasteiger partial charge in [0.25, 0.3) is 0 Å². The smallest absolute Gasteiger partial charge is 0.243 e. The van der Waals surface area contributed by atoms with Gasteiger partial charge in [0.05, 0.1) is 17.9 Å². The Hall–Kier alpha value is -0.780. The number of hydrogen-bond donors (Lipinski definition) is 0. The number of rotatable bonds is 5. The standard InChI is InChI=1S/C15H22ClNO3S/c1-3-12-5-4-8-17(11-12)21(18,19)14-6-7-15(20-2)13(9-14)10-16/h6-7,9,12H,3-5,8,10-11H2,1-2H3. The predicted molar refractivity (Wildman–Crippen MR) is 84.3 cm³/mol. The summed E-state index contributed by atoms with van der Waals surface area (Å²) in [6.07, 6.45) is 3.05. The zero-order chi connectivity index (χ0) is 15.5. The largest absolute Gasteiger partial charge is 0.496 e. The number of halogens is 1. The highest BCUT2D eigenvalue weighted by atomic mass is 35.5. The lowest BCUT2D eigenvalue weighted by molar-refractivity contribution is 0.261. The van der Waals surface area contributed by atoms with Crippen molar-refractivity contribution in [1.82, 2.24) is 4.31 Å². The van der Waals surface area contributed by atoms with Crippen molar-refractivity contribution in [2.45, 2.75) is 37.0 Å². The van der Waals surface area contributed by atoms with E-state index in [0.29, 0.717) is 35.2 Å². The van der Waals surface area contributed by atoms with E-state index in [1.807, 2.05) is 0 Å². The van der Waals surface area contributed by atoms with Crippen molar-refractivity contribution in [2.75, 3.05) is 20.2 Å². The molecule has 1 fully saturated rings. The second kappa shape index (κ2) is 6.99. The van der Waals surface area contributed by atoms with Crippen LogP contribution in [-0.2, 0) is 15.9 Å². The van der Waals surface area contributed by atoms with Crippen LogP contribution >= 0.6 is 11.6 Å². The molecule has 6 heteroatoms. The van der Waals surface area contributed by atoms with Gasteiger partial charge in [-0.25, -0.2) is 8.42 Å². The second-order valence-electron chi connectivity index (χ2n) is 5.39. The van der Waals surface area contributed by atoms with Crippen molar-refractivity contribution in [3.8, 4) is 5.75 Å². The summed E-state index contributed by atoms with van der Waals surface area (Å²) in [6.45, 7) is 3.32. The fraction of sp³-hybridized carbons (Fsp3) is 0.600. The summed E-state index contributed by atoms with van der Waals surface area (Å²) in [5, 5.41) is 0. The molecule has 1 aromatic rings. The first-order chi connectivity index (χ1) is 10.0. The average molecular weight is 332 g/mol. The van der Waals surface area contributed by atoms with E-state index in [-0.39, 0.29) is 5.88 Å². The molecule has 1 aliphatic heterocycles. The lowest BCUT2D eigenvalue weighted by atomic mass is 9.97. The zero-order valence-electron chi connectivity index (χ0n) is 12.5. The van der Waals surface area contributed by atoms with E-state index in [9.17, 15) is 8.42 Å². The van der Waals surface area contributed by atoms with Crippen LogP contribution in [0.2, 0.25) is 0 Å². The number of benzene rings is 1. The van der Waals surface area contributed by atoms with Gasteiger partial charge in [-0.3, -0.25) is 0 Å². The minimum atomic E-state index is -3.44.